The maximum Gasteiger partial charge on any atom is 0.236 e. The van der Waals surface area contributed by atoms with E-state index in [4.69, 9.17) is 4.74 Å². The molecule has 96 valence electrons. The van der Waals surface area contributed by atoms with Crippen molar-refractivity contribution >= 4 is 17.7 Å². The summed E-state index contributed by atoms with van der Waals surface area (Å²) in [4.78, 5) is 11.6. The van der Waals surface area contributed by atoms with Gasteiger partial charge in [-0.25, -0.2) is 0 Å². The van der Waals surface area contributed by atoms with Crippen LogP contribution < -0.4 is 10.6 Å². The number of carbonyl (C=O) groups excluding carboxylic acids is 1. The molecule has 0 aromatic heterocycles. The van der Waals surface area contributed by atoms with E-state index in [1.165, 1.54) is 0 Å². The van der Waals surface area contributed by atoms with Crippen molar-refractivity contribution < 1.29 is 9.53 Å². The van der Waals surface area contributed by atoms with Gasteiger partial charge in [0.05, 0.1) is 12.6 Å². The van der Waals surface area contributed by atoms with Crippen LogP contribution in [0.25, 0.3) is 0 Å². The van der Waals surface area contributed by atoms with E-state index in [1.807, 2.05) is 18.7 Å². The molecule has 0 radical (unpaired) electrons. The Morgan fingerprint density at radius 3 is 2.69 bits per heavy atom. The molecule has 0 heterocycles. The Balaban J connectivity index is 3.62. The van der Waals surface area contributed by atoms with Crippen molar-refractivity contribution in [3.8, 4) is 0 Å². The Hall–Kier alpha value is -0.260. The summed E-state index contributed by atoms with van der Waals surface area (Å²) in [7, 11) is 1.62. The number of nitrogens with one attached hydrogen (secondary N) is 2. The average Bonchev–Trinajstić information content (AvgIpc) is 2.26. The van der Waals surface area contributed by atoms with Crippen molar-refractivity contribution in [2.75, 3.05) is 38.8 Å². The summed E-state index contributed by atoms with van der Waals surface area (Å²) >= 11 is 1.83. The topological polar surface area (TPSA) is 50.4 Å². The van der Waals surface area contributed by atoms with Crippen LogP contribution in [0.1, 0.15) is 13.8 Å². The van der Waals surface area contributed by atoms with Crippen molar-refractivity contribution in [3.63, 3.8) is 0 Å². The van der Waals surface area contributed by atoms with Crippen LogP contribution in [0.5, 0.6) is 0 Å². The summed E-state index contributed by atoms with van der Waals surface area (Å²) in [6.45, 7) is 6.07. The molecule has 0 spiro atoms. The number of methoxy groups -OCH3 is 1. The molecule has 0 aliphatic carbocycles. The van der Waals surface area contributed by atoms with Gasteiger partial charge in [-0.3, -0.25) is 4.79 Å². The van der Waals surface area contributed by atoms with E-state index in [-0.39, 0.29) is 11.9 Å². The molecule has 0 aliphatic heterocycles. The average molecular weight is 248 g/mol. The number of amides is 1. The maximum atomic E-state index is 11.6. The zero-order valence-electron chi connectivity index (χ0n) is 10.7. The van der Waals surface area contributed by atoms with E-state index < -0.39 is 0 Å². The van der Waals surface area contributed by atoms with Crippen LogP contribution in [0.3, 0.4) is 0 Å². The first-order chi connectivity index (χ1) is 7.61. The van der Waals surface area contributed by atoms with E-state index in [1.54, 1.807) is 7.11 Å². The highest BCUT2D eigenvalue weighted by atomic mass is 32.2. The second kappa shape index (κ2) is 9.93. The van der Waals surface area contributed by atoms with Crippen LogP contribution in [0.15, 0.2) is 0 Å². The zero-order valence-corrected chi connectivity index (χ0v) is 11.5. The van der Waals surface area contributed by atoms with Gasteiger partial charge in [0.15, 0.2) is 0 Å². The lowest BCUT2D eigenvalue weighted by atomic mass is 10.2. The molecule has 1 amide bonds. The number of hydrogen-bond acceptors (Lipinski definition) is 4. The quantitative estimate of drug-likeness (QED) is 0.591. The minimum Gasteiger partial charge on any atom is -0.383 e. The maximum absolute atomic E-state index is 11.6. The molecule has 2 N–H and O–H groups in total. The van der Waals surface area contributed by atoms with Crippen LogP contribution in [-0.2, 0) is 9.53 Å². The van der Waals surface area contributed by atoms with Gasteiger partial charge in [0.2, 0.25) is 5.91 Å². The molecule has 2 unspecified atom stereocenters. The first kappa shape index (κ1) is 15.7. The van der Waals surface area contributed by atoms with Gasteiger partial charge in [-0.2, -0.15) is 11.8 Å². The predicted octanol–water partition coefficient (Wildman–Crippen LogP) is 0.726. The first-order valence-corrected chi connectivity index (χ1v) is 7.00. The smallest absolute Gasteiger partial charge is 0.236 e. The minimum atomic E-state index is -0.138. The molecule has 0 aromatic rings. The van der Waals surface area contributed by atoms with E-state index in [0.29, 0.717) is 19.1 Å². The molecule has 2 atom stereocenters. The van der Waals surface area contributed by atoms with Crippen LogP contribution in [-0.4, -0.2) is 50.8 Å². The standard InChI is InChI=1S/C11H24N2O2S/c1-9(8-16-4)7-13-10(2)11(14)12-5-6-15-3/h9-10,13H,5-8H2,1-4H3,(H,12,14). The first-order valence-electron chi connectivity index (χ1n) is 5.60. The van der Waals surface area contributed by atoms with Gasteiger partial charge in [0, 0.05) is 13.7 Å². The fourth-order valence-electron chi connectivity index (χ4n) is 1.24. The molecule has 4 nitrogen and oxygen atoms in total. The van der Waals surface area contributed by atoms with Crippen molar-refractivity contribution in [2.45, 2.75) is 19.9 Å². The number of carbonyl (C=O) groups is 1. The summed E-state index contributed by atoms with van der Waals surface area (Å²) in [5, 5.41) is 6.04. The second-order valence-corrected chi connectivity index (χ2v) is 4.88. The van der Waals surface area contributed by atoms with Gasteiger partial charge < -0.3 is 15.4 Å². The van der Waals surface area contributed by atoms with Crippen LogP contribution in [0.4, 0.5) is 0 Å². The molecule has 0 aromatic carbocycles. The number of thioether (sulfide) groups is 1. The second-order valence-electron chi connectivity index (χ2n) is 3.97. The SMILES string of the molecule is COCCNC(=O)C(C)NCC(C)CSC. The summed E-state index contributed by atoms with van der Waals surface area (Å²) in [6, 6.07) is -0.138. The number of hydrogen-bond donors (Lipinski definition) is 2. The van der Waals surface area contributed by atoms with E-state index in [0.717, 1.165) is 12.3 Å². The van der Waals surface area contributed by atoms with Crippen molar-refractivity contribution in [1.82, 2.24) is 10.6 Å². The van der Waals surface area contributed by atoms with Crippen LogP contribution in [0, 0.1) is 5.92 Å². The van der Waals surface area contributed by atoms with Crippen molar-refractivity contribution in [2.24, 2.45) is 5.92 Å². The Morgan fingerprint density at radius 1 is 1.44 bits per heavy atom. The van der Waals surface area contributed by atoms with Crippen molar-refractivity contribution in [1.29, 1.82) is 0 Å². The minimum absolute atomic E-state index is 0.0356. The summed E-state index contributed by atoms with van der Waals surface area (Å²) < 4.78 is 4.86. The lowest BCUT2D eigenvalue weighted by molar-refractivity contribution is -0.122. The number of rotatable bonds is 9. The summed E-state index contributed by atoms with van der Waals surface area (Å²) in [5.41, 5.74) is 0. The normalized spacial score (nSPS) is 14.5. The van der Waals surface area contributed by atoms with Gasteiger partial charge in [-0.05, 0) is 31.4 Å². The van der Waals surface area contributed by atoms with E-state index in [9.17, 15) is 4.79 Å². The Morgan fingerprint density at radius 2 is 2.12 bits per heavy atom. The highest BCUT2D eigenvalue weighted by Crippen LogP contribution is 2.02. The number of ether oxygens (including phenoxy) is 1. The van der Waals surface area contributed by atoms with Gasteiger partial charge >= 0.3 is 0 Å². The van der Waals surface area contributed by atoms with E-state index >= 15 is 0 Å². The molecule has 16 heavy (non-hydrogen) atoms. The Bertz CT molecular complexity index is 191. The zero-order chi connectivity index (χ0) is 12.4. The van der Waals surface area contributed by atoms with Gasteiger partial charge in [-0.1, -0.05) is 6.92 Å². The largest absolute Gasteiger partial charge is 0.383 e. The highest BCUT2D eigenvalue weighted by Gasteiger charge is 2.12. The lowest BCUT2D eigenvalue weighted by Crippen LogP contribution is -2.44. The summed E-state index contributed by atoms with van der Waals surface area (Å²) in [5.74, 6) is 1.74. The van der Waals surface area contributed by atoms with E-state index in [2.05, 4.69) is 23.8 Å². The third kappa shape index (κ3) is 7.96. The molecule has 0 bridgehead atoms. The molecule has 0 saturated carbocycles. The lowest BCUT2D eigenvalue weighted by Gasteiger charge is -2.16. The van der Waals surface area contributed by atoms with Gasteiger partial charge in [0.1, 0.15) is 0 Å². The van der Waals surface area contributed by atoms with Gasteiger partial charge in [-0.15, -0.1) is 0 Å². The monoisotopic (exact) mass is 248 g/mol. The molecule has 0 rings (SSSR count). The highest BCUT2D eigenvalue weighted by molar-refractivity contribution is 7.98. The third-order valence-corrected chi connectivity index (χ3v) is 3.12. The van der Waals surface area contributed by atoms with Crippen molar-refractivity contribution in [3.05, 3.63) is 0 Å². The molecule has 0 fully saturated rings. The van der Waals surface area contributed by atoms with Gasteiger partial charge in [0.25, 0.3) is 0 Å². The molecular weight excluding hydrogens is 224 g/mol. The Kier molecular flexibility index (Phi) is 9.77. The molecule has 0 saturated heterocycles. The van der Waals surface area contributed by atoms with Crippen LogP contribution in [0.2, 0.25) is 0 Å². The third-order valence-electron chi connectivity index (χ3n) is 2.22. The fraction of sp³-hybridized carbons (Fsp3) is 0.909. The summed E-state index contributed by atoms with van der Waals surface area (Å²) in [6.07, 6.45) is 2.09. The molecule has 5 heteroatoms. The fourth-order valence-corrected chi connectivity index (χ4v) is 1.93. The predicted molar refractivity (Wildman–Crippen MR) is 69.9 cm³/mol. The molecular formula is C11H24N2O2S. The Labute approximate surface area is 103 Å². The van der Waals surface area contributed by atoms with Crippen LogP contribution >= 0.6 is 11.8 Å². The molecule has 0 aliphatic rings.